The fraction of sp³-hybridized carbons (Fsp3) is 0.333. The van der Waals surface area contributed by atoms with Crippen molar-refractivity contribution in [3.8, 4) is 11.1 Å². The van der Waals surface area contributed by atoms with Crippen molar-refractivity contribution in [3.63, 3.8) is 0 Å². The lowest BCUT2D eigenvalue weighted by Gasteiger charge is -2.40. The van der Waals surface area contributed by atoms with Crippen LogP contribution in [-0.4, -0.2) is 51.4 Å². The number of aliphatic hydroxyl groups excluding tert-OH is 4. The summed E-state index contributed by atoms with van der Waals surface area (Å²) in [4.78, 5) is 0. The molecule has 30 heavy (non-hydrogen) atoms. The molecule has 0 amide bonds. The Kier molecular flexibility index (Phi) is 6.11. The lowest BCUT2D eigenvalue weighted by Crippen LogP contribution is -2.55. The molecule has 6 unspecified atom stereocenters. The van der Waals surface area contributed by atoms with Crippen LogP contribution in [0.1, 0.15) is 35.6 Å². The topological polar surface area (TPSA) is 90.2 Å². The highest BCUT2D eigenvalue weighted by atomic mass is 35.5. The monoisotopic (exact) mass is 428 g/mol. The number of hydrogen-bond acceptors (Lipinski definition) is 5. The fourth-order valence-electron chi connectivity index (χ4n) is 4.12. The van der Waals surface area contributed by atoms with Crippen molar-refractivity contribution in [2.45, 2.75) is 43.4 Å². The summed E-state index contributed by atoms with van der Waals surface area (Å²) in [5.74, 6) is -0.0138. The number of hydrogen-bond donors (Lipinski definition) is 4. The third-order valence-electron chi connectivity index (χ3n) is 5.96. The maximum absolute atomic E-state index is 10.5. The first-order chi connectivity index (χ1) is 14.4. The van der Waals surface area contributed by atoms with Crippen LogP contribution in [0.2, 0.25) is 5.02 Å². The summed E-state index contributed by atoms with van der Waals surface area (Å²) >= 11 is 6.51. The molecule has 1 aromatic carbocycles. The first kappa shape index (κ1) is 21.2. The minimum atomic E-state index is -1.42. The molecule has 1 aliphatic heterocycles. The number of ether oxygens (including phenoxy) is 1. The first-order valence-electron chi connectivity index (χ1n) is 9.99. The zero-order chi connectivity index (χ0) is 21.4. The Morgan fingerprint density at radius 2 is 1.57 bits per heavy atom. The van der Waals surface area contributed by atoms with E-state index in [9.17, 15) is 20.4 Å². The van der Waals surface area contributed by atoms with Crippen molar-refractivity contribution in [3.05, 3.63) is 82.4 Å². The van der Waals surface area contributed by atoms with Gasteiger partial charge < -0.3 is 25.2 Å². The van der Waals surface area contributed by atoms with Gasteiger partial charge in [-0.25, -0.2) is 0 Å². The van der Waals surface area contributed by atoms with Gasteiger partial charge in [-0.05, 0) is 33.9 Å². The standard InChI is InChI=1S/C24H25ClO5/c1-13(17-9-14-5-3-2-4-6-15(14)10-17)18-11-16(7-8-19(18)25)24-23(29)22(28)21(27)20(12-26)30-24/h2-11,13,20-24,26-29H,12H2,1H3. The quantitative estimate of drug-likeness (QED) is 0.512. The van der Waals surface area contributed by atoms with Crippen LogP contribution in [0, 0.1) is 0 Å². The van der Waals surface area contributed by atoms with Gasteiger partial charge in [0.1, 0.15) is 30.5 Å². The second kappa shape index (κ2) is 8.63. The molecule has 4 N–H and O–H groups in total. The third-order valence-corrected chi connectivity index (χ3v) is 6.30. The van der Waals surface area contributed by atoms with Gasteiger partial charge in [0, 0.05) is 10.9 Å². The molecule has 2 aliphatic carbocycles. The predicted molar refractivity (Wildman–Crippen MR) is 115 cm³/mol. The van der Waals surface area contributed by atoms with E-state index in [1.807, 2.05) is 24.3 Å². The molecule has 4 rings (SSSR count). The van der Waals surface area contributed by atoms with Crippen molar-refractivity contribution >= 4 is 11.6 Å². The lowest BCUT2D eigenvalue weighted by atomic mass is 9.88. The highest BCUT2D eigenvalue weighted by molar-refractivity contribution is 6.31. The molecule has 0 saturated carbocycles. The van der Waals surface area contributed by atoms with E-state index in [0.717, 1.165) is 22.3 Å². The van der Waals surface area contributed by atoms with Crippen molar-refractivity contribution in [1.29, 1.82) is 0 Å². The molecular formula is C24H25ClO5. The highest BCUT2D eigenvalue weighted by Gasteiger charge is 2.44. The van der Waals surface area contributed by atoms with Gasteiger partial charge in [0.15, 0.2) is 0 Å². The van der Waals surface area contributed by atoms with Gasteiger partial charge in [0.25, 0.3) is 0 Å². The molecular weight excluding hydrogens is 404 g/mol. The molecule has 3 aliphatic rings. The minimum Gasteiger partial charge on any atom is -0.394 e. The van der Waals surface area contributed by atoms with Crippen molar-refractivity contribution in [2.75, 3.05) is 6.61 Å². The molecule has 6 heteroatoms. The smallest absolute Gasteiger partial charge is 0.113 e. The summed E-state index contributed by atoms with van der Waals surface area (Å²) in [6.45, 7) is 1.60. The lowest BCUT2D eigenvalue weighted by molar-refractivity contribution is -0.231. The van der Waals surface area contributed by atoms with E-state index in [1.54, 1.807) is 12.1 Å². The Bertz CT molecular complexity index is 960. The Morgan fingerprint density at radius 1 is 0.900 bits per heavy atom. The SMILES string of the molecule is CC(c1cc2cccccc-2c1)c1cc(C2OC(CO)C(O)C(O)C2O)ccc1Cl. The molecule has 158 valence electrons. The van der Waals surface area contributed by atoms with Gasteiger partial charge in [-0.15, -0.1) is 0 Å². The third kappa shape index (κ3) is 3.85. The molecule has 0 bridgehead atoms. The van der Waals surface area contributed by atoms with E-state index < -0.39 is 37.1 Å². The molecule has 0 aromatic heterocycles. The van der Waals surface area contributed by atoms with Crippen LogP contribution in [0.4, 0.5) is 0 Å². The van der Waals surface area contributed by atoms with Crippen LogP contribution in [0.3, 0.4) is 0 Å². The van der Waals surface area contributed by atoms with E-state index >= 15 is 0 Å². The maximum atomic E-state index is 10.5. The first-order valence-corrected chi connectivity index (χ1v) is 10.4. The van der Waals surface area contributed by atoms with Gasteiger partial charge in [0.2, 0.25) is 0 Å². The van der Waals surface area contributed by atoms with Crippen molar-refractivity contribution < 1.29 is 25.2 Å². The van der Waals surface area contributed by atoms with Crippen LogP contribution >= 0.6 is 11.6 Å². The number of fused-ring (bicyclic) bond motifs is 1. The second-order valence-corrected chi connectivity index (χ2v) is 8.27. The van der Waals surface area contributed by atoms with Crippen LogP contribution in [-0.2, 0) is 4.74 Å². The van der Waals surface area contributed by atoms with E-state index in [1.165, 1.54) is 0 Å². The zero-order valence-corrected chi connectivity index (χ0v) is 17.3. The summed E-state index contributed by atoms with van der Waals surface area (Å²) < 4.78 is 5.70. The molecule has 1 heterocycles. The Morgan fingerprint density at radius 3 is 2.20 bits per heavy atom. The van der Waals surface area contributed by atoms with Crippen LogP contribution in [0.25, 0.3) is 11.1 Å². The van der Waals surface area contributed by atoms with Crippen LogP contribution in [0.5, 0.6) is 0 Å². The molecule has 0 radical (unpaired) electrons. The molecule has 5 nitrogen and oxygen atoms in total. The number of rotatable bonds is 4. The Hall–Kier alpha value is -1.99. The molecule has 1 saturated heterocycles. The molecule has 0 spiro atoms. The van der Waals surface area contributed by atoms with E-state index in [4.69, 9.17) is 16.3 Å². The average Bonchev–Trinajstić information content (AvgIpc) is 3.03. The summed E-state index contributed by atoms with van der Waals surface area (Å²) in [5.41, 5.74) is 4.89. The fourth-order valence-corrected chi connectivity index (χ4v) is 4.40. The molecule has 1 aromatic rings. The van der Waals surface area contributed by atoms with E-state index in [-0.39, 0.29) is 5.92 Å². The van der Waals surface area contributed by atoms with Gasteiger partial charge in [-0.2, -0.15) is 0 Å². The van der Waals surface area contributed by atoms with Crippen molar-refractivity contribution in [2.24, 2.45) is 0 Å². The second-order valence-electron chi connectivity index (χ2n) is 7.86. The molecule has 1 fully saturated rings. The summed E-state index contributed by atoms with van der Waals surface area (Å²) in [5, 5.41) is 40.7. The summed E-state index contributed by atoms with van der Waals surface area (Å²) in [6.07, 6.45) is -5.97. The van der Waals surface area contributed by atoms with Gasteiger partial charge in [0.05, 0.1) is 6.61 Å². The maximum Gasteiger partial charge on any atom is 0.113 e. The van der Waals surface area contributed by atoms with Crippen molar-refractivity contribution in [1.82, 2.24) is 0 Å². The summed E-state index contributed by atoms with van der Waals surface area (Å²) in [7, 11) is 0. The number of aliphatic hydroxyl groups is 4. The van der Waals surface area contributed by atoms with Gasteiger partial charge in [-0.1, -0.05) is 73.1 Å². The van der Waals surface area contributed by atoms with E-state index in [2.05, 4.69) is 31.2 Å². The minimum absolute atomic E-state index is 0.0138. The Balaban J connectivity index is 1.68. The molecule has 6 atom stereocenters. The summed E-state index contributed by atoms with van der Waals surface area (Å²) in [6, 6.07) is 19.7. The number of benzene rings is 1. The predicted octanol–water partition coefficient (Wildman–Crippen LogP) is 3.11. The Labute approximate surface area is 180 Å². The van der Waals surface area contributed by atoms with Gasteiger partial charge >= 0.3 is 0 Å². The van der Waals surface area contributed by atoms with Gasteiger partial charge in [-0.3, -0.25) is 0 Å². The van der Waals surface area contributed by atoms with E-state index in [0.29, 0.717) is 10.6 Å². The van der Waals surface area contributed by atoms with Crippen LogP contribution in [0.15, 0.2) is 60.7 Å². The van der Waals surface area contributed by atoms with Crippen LogP contribution < -0.4 is 0 Å². The highest BCUT2D eigenvalue weighted by Crippen LogP contribution is 2.39. The average molecular weight is 429 g/mol. The number of halogens is 1. The normalized spacial score (nSPS) is 27.9. The largest absolute Gasteiger partial charge is 0.394 e. The zero-order valence-electron chi connectivity index (χ0n) is 16.5.